The summed E-state index contributed by atoms with van der Waals surface area (Å²) in [6, 6.07) is 19.4. The molecule has 1 amide bonds. The van der Waals surface area contributed by atoms with Crippen LogP contribution < -0.4 is 5.32 Å². The lowest BCUT2D eigenvalue weighted by Gasteiger charge is -2.07. The van der Waals surface area contributed by atoms with Crippen LogP contribution in [-0.2, 0) is 11.2 Å². The van der Waals surface area contributed by atoms with E-state index in [-0.39, 0.29) is 5.91 Å². The monoisotopic (exact) mass is 511 g/mol. The molecule has 0 atom stereocenters. The van der Waals surface area contributed by atoms with Crippen molar-refractivity contribution in [2.24, 2.45) is 0 Å². The Hall–Kier alpha value is -5.57. The molecule has 7 rings (SSSR count). The maximum Gasteiger partial charge on any atom is 0.228 e. The van der Waals surface area contributed by atoms with Gasteiger partial charge in [-0.15, -0.1) is 0 Å². The summed E-state index contributed by atoms with van der Waals surface area (Å²) < 4.78 is 5.26. The predicted molar refractivity (Wildman–Crippen MR) is 149 cm³/mol. The molecule has 0 bridgehead atoms. The highest BCUT2D eigenvalue weighted by Crippen LogP contribution is 2.34. The van der Waals surface area contributed by atoms with Crippen molar-refractivity contribution in [3.63, 3.8) is 0 Å². The van der Waals surface area contributed by atoms with Crippen molar-refractivity contribution < 1.29 is 9.21 Å². The second-order valence-electron chi connectivity index (χ2n) is 9.18. The number of aromatic nitrogens is 6. The smallest absolute Gasteiger partial charge is 0.228 e. The summed E-state index contributed by atoms with van der Waals surface area (Å²) in [7, 11) is 0. The van der Waals surface area contributed by atoms with E-state index in [0.29, 0.717) is 17.8 Å². The molecule has 6 heterocycles. The second kappa shape index (κ2) is 9.38. The van der Waals surface area contributed by atoms with E-state index in [4.69, 9.17) is 4.42 Å². The van der Waals surface area contributed by atoms with Gasteiger partial charge in [0, 0.05) is 51.6 Å². The third-order valence-corrected chi connectivity index (χ3v) is 6.58. The van der Waals surface area contributed by atoms with Gasteiger partial charge >= 0.3 is 0 Å². The standard InChI is InChI=1S/C30H21N7O2/c38-27(10-18-4-2-1-3-5-18)34-22-11-20(14-31-16-22)21-12-24-29(36-37-30(24)33-15-21)26-13-23-25(35-26)6-8-32-28(23)19-7-9-39-17-19/h1-9,11-17,35H,10H2,(H,34,38)(H,33,36,37). The molecule has 1 aromatic carbocycles. The molecule has 0 aliphatic carbocycles. The van der Waals surface area contributed by atoms with Crippen molar-refractivity contribution in [1.82, 2.24) is 30.1 Å². The molecule has 0 fully saturated rings. The molecule has 7 aromatic rings. The maximum absolute atomic E-state index is 12.6. The molecule has 39 heavy (non-hydrogen) atoms. The lowest BCUT2D eigenvalue weighted by atomic mass is 10.1. The zero-order valence-corrected chi connectivity index (χ0v) is 20.6. The normalized spacial score (nSPS) is 11.3. The van der Waals surface area contributed by atoms with Crippen LogP contribution in [0.15, 0.2) is 102 Å². The fourth-order valence-electron chi connectivity index (χ4n) is 4.73. The first kappa shape index (κ1) is 22.6. The molecular weight excluding hydrogens is 490 g/mol. The Morgan fingerprint density at radius 2 is 1.79 bits per heavy atom. The summed E-state index contributed by atoms with van der Waals surface area (Å²) >= 11 is 0. The van der Waals surface area contributed by atoms with E-state index in [1.165, 1.54) is 0 Å². The van der Waals surface area contributed by atoms with Gasteiger partial charge in [-0.2, -0.15) is 5.10 Å². The van der Waals surface area contributed by atoms with Gasteiger partial charge in [-0.1, -0.05) is 30.3 Å². The number of aromatic amines is 2. The van der Waals surface area contributed by atoms with E-state index in [0.717, 1.165) is 55.6 Å². The minimum atomic E-state index is -0.103. The molecule has 9 nitrogen and oxygen atoms in total. The lowest BCUT2D eigenvalue weighted by molar-refractivity contribution is -0.115. The SMILES string of the molecule is O=C(Cc1ccccc1)Nc1cncc(-c2cnc3n[nH]c(-c4cc5c(-c6ccoc6)nccc5[nH]4)c3c2)c1. The van der Waals surface area contributed by atoms with Crippen molar-refractivity contribution in [3.8, 4) is 33.8 Å². The third kappa shape index (κ3) is 4.31. The minimum Gasteiger partial charge on any atom is -0.472 e. The number of rotatable bonds is 6. The molecule has 6 aromatic heterocycles. The number of anilines is 1. The van der Waals surface area contributed by atoms with Gasteiger partial charge in [-0.3, -0.25) is 19.9 Å². The van der Waals surface area contributed by atoms with Crippen molar-refractivity contribution in [3.05, 3.63) is 104 Å². The van der Waals surface area contributed by atoms with Crippen molar-refractivity contribution in [2.45, 2.75) is 6.42 Å². The molecule has 0 spiro atoms. The molecule has 0 aliphatic heterocycles. The van der Waals surface area contributed by atoms with Crippen LogP contribution in [0.5, 0.6) is 0 Å². The number of carbonyl (C=O) groups is 1. The number of H-pyrrole nitrogens is 2. The summed E-state index contributed by atoms with van der Waals surface area (Å²) in [5.74, 6) is -0.103. The molecule has 0 unspecified atom stereocenters. The number of pyridine rings is 3. The molecule has 188 valence electrons. The first-order valence-corrected chi connectivity index (χ1v) is 12.4. The zero-order chi connectivity index (χ0) is 26.2. The fourth-order valence-corrected chi connectivity index (χ4v) is 4.73. The van der Waals surface area contributed by atoms with Gasteiger partial charge in [0.2, 0.25) is 5.91 Å². The number of amides is 1. The number of nitrogens with zero attached hydrogens (tertiary/aromatic N) is 4. The lowest BCUT2D eigenvalue weighted by Crippen LogP contribution is -2.14. The molecule has 0 saturated carbocycles. The van der Waals surface area contributed by atoms with Crippen molar-refractivity contribution >= 4 is 33.5 Å². The molecule has 3 N–H and O–H groups in total. The van der Waals surface area contributed by atoms with Crippen molar-refractivity contribution in [2.75, 3.05) is 5.32 Å². The first-order valence-electron chi connectivity index (χ1n) is 12.4. The second-order valence-corrected chi connectivity index (χ2v) is 9.18. The van der Waals surface area contributed by atoms with Crippen LogP contribution in [0.25, 0.3) is 55.7 Å². The topological polar surface area (TPSA) is 125 Å². The third-order valence-electron chi connectivity index (χ3n) is 6.58. The molecule has 9 heteroatoms. The molecule has 0 radical (unpaired) electrons. The Balaban J connectivity index is 1.21. The van der Waals surface area contributed by atoms with Gasteiger partial charge < -0.3 is 14.7 Å². The van der Waals surface area contributed by atoms with Crippen LogP contribution in [0.3, 0.4) is 0 Å². The first-order chi connectivity index (χ1) is 19.2. The van der Waals surface area contributed by atoms with Crippen LogP contribution in [0.4, 0.5) is 5.69 Å². The van der Waals surface area contributed by atoms with E-state index in [2.05, 4.69) is 41.5 Å². The van der Waals surface area contributed by atoms with Gasteiger partial charge in [0.05, 0.1) is 47.9 Å². The number of hydrogen-bond acceptors (Lipinski definition) is 6. The Bertz CT molecular complexity index is 1940. The van der Waals surface area contributed by atoms with E-state index in [1.807, 2.05) is 54.6 Å². The van der Waals surface area contributed by atoms with E-state index < -0.39 is 0 Å². The number of carbonyl (C=O) groups excluding carboxylic acids is 1. The maximum atomic E-state index is 12.6. The van der Waals surface area contributed by atoms with Crippen LogP contribution in [0.2, 0.25) is 0 Å². The Morgan fingerprint density at radius 3 is 2.67 bits per heavy atom. The van der Waals surface area contributed by atoms with Gasteiger partial charge in [-0.25, -0.2) is 4.98 Å². The Morgan fingerprint density at radius 1 is 0.897 bits per heavy atom. The fraction of sp³-hybridized carbons (Fsp3) is 0.0333. The van der Waals surface area contributed by atoms with Crippen LogP contribution in [0.1, 0.15) is 5.56 Å². The summed E-state index contributed by atoms with van der Waals surface area (Å²) in [5.41, 5.74) is 8.23. The predicted octanol–water partition coefficient (Wildman–Crippen LogP) is 6.00. The highest BCUT2D eigenvalue weighted by atomic mass is 16.3. The summed E-state index contributed by atoms with van der Waals surface area (Å²) in [4.78, 5) is 29.5. The number of benzene rings is 1. The highest BCUT2D eigenvalue weighted by Gasteiger charge is 2.16. The summed E-state index contributed by atoms with van der Waals surface area (Å²) in [5, 5.41) is 12.3. The average Bonchev–Trinajstić information content (AvgIpc) is 3.73. The summed E-state index contributed by atoms with van der Waals surface area (Å²) in [6.07, 6.45) is 10.5. The molecule has 0 saturated heterocycles. The van der Waals surface area contributed by atoms with Crippen LogP contribution in [-0.4, -0.2) is 36.0 Å². The quantitative estimate of drug-likeness (QED) is 0.251. The summed E-state index contributed by atoms with van der Waals surface area (Å²) in [6.45, 7) is 0. The van der Waals surface area contributed by atoms with E-state index in [9.17, 15) is 4.79 Å². The van der Waals surface area contributed by atoms with Crippen LogP contribution in [0, 0.1) is 0 Å². The average molecular weight is 512 g/mol. The number of furan rings is 1. The van der Waals surface area contributed by atoms with Gasteiger partial charge in [0.25, 0.3) is 0 Å². The van der Waals surface area contributed by atoms with Crippen LogP contribution >= 0.6 is 0 Å². The minimum absolute atomic E-state index is 0.103. The Kier molecular flexibility index (Phi) is 5.44. The molecular formula is C30H21N7O2. The van der Waals surface area contributed by atoms with Gasteiger partial charge in [-0.05, 0) is 35.9 Å². The number of nitrogens with one attached hydrogen (secondary N) is 3. The van der Waals surface area contributed by atoms with E-state index >= 15 is 0 Å². The highest BCUT2D eigenvalue weighted by molar-refractivity contribution is 6.00. The van der Waals surface area contributed by atoms with Gasteiger partial charge in [0.15, 0.2) is 5.65 Å². The number of fused-ring (bicyclic) bond motifs is 2. The zero-order valence-electron chi connectivity index (χ0n) is 20.6. The van der Waals surface area contributed by atoms with Crippen molar-refractivity contribution in [1.29, 1.82) is 0 Å². The number of hydrogen-bond donors (Lipinski definition) is 3. The molecule has 0 aliphatic rings. The largest absolute Gasteiger partial charge is 0.472 e. The Labute approximate surface area is 222 Å². The van der Waals surface area contributed by atoms with E-state index in [1.54, 1.807) is 37.3 Å². The van der Waals surface area contributed by atoms with Gasteiger partial charge in [0.1, 0.15) is 0 Å².